The molecule has 2 nitrogen and oxygen atoms in total. The fourth-order valence-corrected chi connectivity index (χ4v) is 3.35. The Kier molecular flexibility index (Phi) is 6.07. The van der Waals surface area contributed by atoms with Crippen molar-refractivity contribution >= 4 is 38.8 Å². The minimum absolute atomic E-state index is 0.402. The normalized spacial score (nSPS) is 21.6. The molecular formula is C12H18BrIN2. The lowest BCUT2D eigenvalue weighted by Crippen LogP contribution is -2.40. The van der Waals surface area contributed by atoms with Gasteiger partial charge in [0.15, 0.2) is 0 Å². The number of allylic oxidation sites excluding steroid dienone is 3. The zero-order valence-corrected chi connectivity index (χ0v) is 13.7. The van der Waals surface area contributed by atoms with E-state index in [9.17, 15) is 0 Å². The predicted octanol–water partition coefficient (Wildman–Crippen LogP) is 4.45. The standard InChI is InChI=1S/C12H18BrIN2/c1-4-6-12(13)16(15-14)11-8-5-7-9(2)10(11)3/h5-7,11,15H,4,8H2,1-3H3/b12-6-. The van der Waals surface area contributed by atoms with Crippen LogP contribution in [0.1, 0.15) is 33.6 Å². The van der Waals surface area contributed by atoms with Gasteiger partial charge in [-0.3, -0.25) is 5.01 Å². The molecule has 90 valence electrons. The second kappa shape index (κ2) is 6.81. The van der Waals surface area contributed by atoms with E-state index in [2.05, 4.69) is 86.4 Å². The van der Waals surface area contributed by atoms with E-state index in [1.54, 1.807) is 0 Å². The highest BCUT2D eigenvalue weighted by molar-refractivity contribution is 14.1. The Bertz CT molecular complexity index is 334. The molecule has 1 N–H and O–H groups in total. The minimum Gasteiger partial charge on any atom is -0.285 e. The highest BCUT2D eigenvalue weighted by atomic mass is 127. The molecule has 0 aliphatic heterocycles. The molecule has 1 aliphatic rings. The topological polar surface area (TPSA) is 15.3 Å². The average Bonchev–Trinajstić information content (AvgIpc) is 2.25. The zero-order valence-electron chi connectivity index (χ0n) is 9.93. The van der Waals surface area contributed by atoms with E-state index >= 15 is 0 Å². The van der Waals surface area contributed by atoms with Crippen LogP contribution in [0.3, 0.4) is 0 Å². The third-order valence-electron chi connectivity index (χ3n) is 2.85. The van der Waals surface area contributed by atoms with Crippen molar-refractivity contribution in [3.05, 3.63) is 34.0 Å². The van der Waals surface area contributed by atoms with Crippen LogP contribution < -0.4 is 3.64 Å². The van der Waals surface area contributed by atoms with Gasteiger partial charge in [0.05, 0.1) is 10.6 Å². The van der Waals surface area contributed by atoms with Crippen LogP contribution in [-0.2, 0) is 0 Å². The molecule has 1 unspecified atom stereocenters. The molecule has 0 amide bonds. The van der Waals surface area contributed by atoms with Crippen LogP contribution in [-0.4, -0.2) is 11.1 Å². The molecule has 1 atom stereocenters. The summed E-state index contributed by atoms with van der Waals surface area (Å²) in [5.41, 5.74) is 2.79. The highest BCUT2D eigenvalue weighted by Gasteiger charge is 2.22. The van der Waals surface area contributed by atoms with Gasteiger partial charge < -0.3 is 0 Å². The van der Waals surface area contributed by atoms with Crippen LogP contribution in [0.4, 0.5) is 0 Å². The van der Waals surface area contributed by atoms with E-state index < -0.39 is 0 Å². The maximum Gasteiger partial charge on any atom is 0.0922 e. The van der Waals surface area contributed by atoms with Crippen molar-refractivity contribution in [3.8, 4) is 0 Å². The van der Waals surface area contributed by atoms with E-state index in [-0.39, 0.29) is 0 Å². The molecule has 0 bridgehead atoms. The van der Waals surface area contributed by atoms with Gasteiger partial charge in [-0.1, -0.05) is 30.7 Å². The van der Waals surface area contributed by atoms with Gasteiger partial charge in [-0.2, -0.15) is 3.64 Å². The van der Waals surface area contributed by atoms with Crippen molar-refractivity contribution in [2.75, 3.05) is 0 Å². The smallest absolute Gasteiger partial charge is 0.0922 e. The summed E-state index contributed by atoms with van der Waals surface area (Å²) in [6.45, 7) is 6.51. The highest BCUT2D eigenvalue weighted by Crippen LogP contribution is 2.27. The van der Waals surface area contributed by atoms with Crippen molar-refractivity contribution < 1.29 is 0 Å². The first-order chi connectivity index (χ1) is 7.61. The second-order valence-electron chi connectivity index (χ2n) is 3.91. The van der Waals surface area contributed by atoms with E-state index in [0.717, 1.165) is 17.4 Å². The largest absolute Gasteiger partial charge is 0.285 e. The van der Waals surface area contributed by atoms with E-state index in [1.165, 1.54) is 11.1 Å². The van der Waals surface area contributed by atoms with Crippen LogP contribution in [0.5, 0.6) is 0 Å². The maximum atomic E-state index is 3.62. The van der Waals surface area contributed by atoms with Crippen LogP contribution in [0.25, 0.3) is 0 Å². The van der Waals surface area contributed by atoms with Crippen LogP contribution in [0.15, 0.2) is 34.0 Å². The molecule has 0 radical (unpaired) electrons. The molecule has 4 heteroatoms. The zero-order chi connectivity index (χ0) is 12.1. The van der Waals surface area contributed by atoms with Crippen molar-refractivity contribution in [1.29, 1.82) is 0 Å². The molecule has 0 aromatic rings. The fourth-order valence-electron chi connectivity index (χ4n) is 1.76. The lowest BCUT2D eigenvalue weighted by Gasteiger charge is -2.33. The van der Waals surface area contributed by atoms with Gasteiger partial charge in [-0.15, -0.1) is 0 Å². The first-order valence-electron chi connectivity index (χ1n) is 5.46. The van der Waals surface area contributed by atoms with Gasteiger partial charge in [0.2, 0.25) is 0 Å². The molecule has 1 rings (SSSR count). The van der Waals surface area contributed by atoms with Gasteiger partial charge in [-0.05, 0) is 48.2 Å². The van der Waals surface area contributed by atoms with Crippen LogP contribution in [0.2, 0.25) is 0 Å². The average molecular weight is 397 g/mol. The number of rotatable bonds is 4. The Balaban J connectivity index is 2.90. The van der Waals surface area contributed by atoms with Crippen molar-refractivity contribution in [2.45, 2.75) is 39.7 Å². The molecule has 0 heterocycles. The molecule has 0 saturated heterocycles. The predicted molar refractivity (Wildman–Crippen MR) is 82.2 cm³/mol. The van der Waals surface area contributed by atoms with E-state index in [4.69, 9.17) is 0 Å². The maximum absolute atomic E-state index is 3.62. The van der Waals surface area contributed by atoms with E-state index in [1.807, 2.05) is 0 Å². The number of nitrogens with one attached hydrogen (secondary N) is 1. The monoisotopic (exact) mass is 396 g/mol. The Labute approximate surface area is 120 Å². The van der Waals surface area contributed by atoms with Crippen LogP contribution in [0, 0.1) is 0 Å². The number of hydrogen-bond acceptors (Lipinski definition) is 2. The van der Waals surface area contributed by atoms with Crippen molar-refractivity contribution in [3.63, 3.8) is 0 Å². The summed E-state index contributed by atoms with van der Waals surface area (Å²) in [6.07, 6.45) is 8.69. The molecule has 0 aromatic carbocycles. The van der Waals surface area contributed by atoms with Crippen molar-refractivity contribution in [2.24, 2.45) is 0 Å². The Morgan fingerprint density at radius 1 is 1.69 bits per heavy atom. The molecule has 1 aliphatic carbocycles. The summed E-state index contributed by atoms with van der Waals surface area (Å²) in [5, 5.41) is 2.17. The summed E-state index contributed by atoms with van der Waals surface area (Å²) in [6, 6.07) is 0.402. The Morgan fingerprint density at radius 3 is 2.94 bits per heavy atom. The summed E-state index contributed by atoms with van der Waals surface area (Å²) >= 11 is 5.80. The first-order valence-corrected chi connectivity index (χ1v) is 7.34. The minimum atomic E-state index is 0.402. The van der Waals surface area contributed by atoms with Gasteiger partial charge in [-0.25, -0.2) is 0 Å². The fraction of sp³-hybridized carbons (Fsp3) is 0.500. The lowest BCUT2D eigenvalue weighted by atomic mass is 9.95. The molecule has 0 fully saturated rings. The number of hydrogen-bond donors (Lipinski definition) is 1. The number of hydrazine groups is 1. The summed E-state index contributed by atoms with van der Waals surface area (Å²) in [5.74, 6) is 0. The Hall–Kier alpha value is 0.190. The van der Waals surface area contributed by atoms with Gasteiger partial charge >= 0.3 is 0 Å². The molecule has 0 saturated carbocycles. The number of halogens is 2. The quantitative estimate of drug-likeness (QED) is 0.326. The van der Waals surface area contributed by atoms with Crippen LogP contribution >= 0.6 is 38.8 Å². The summed E-state index contributed by atoms with van der Waals surface area (Å²) in [7, 11) is 0. The molecular weight excluding hydrogens is 379 g/mol. The van der Waals surface area contributed by atoms with Gasteiger partial charge in [0, 0.05) is 22.9 Å². The van der Waals surface area contributed by atoms with Gasteiger partial charge in [0.25, 0.3) is 0 Å². The Morgan fingerprint density at radius 2 is 2.38 bits per heavy atom. The van der Waals surface area contributed by atoms with Crippen molar-refractivity contribution in [1.82, 2.24) is 8.65 Å². The molecule has 0 aromatic heterocycles. The first kappa shape index (κ1) is 14.3. The molecule has 0 spiro atoms. The third kappa shape index (κ3) is 3.34. The lowest BCUT2D eigenvalue weighted by molar-refractivity contribution is 0.288. The number of nitrogens with zero attached hydrogens (tertiary/aromatic N) is 1. The second-order valence-corrected chi connectivity index (χ2v) is 5.20. The van der Waals surface area contributed by atoms with Gasteiger partial charge in [0.1, 0.15) is 0 Å². The summed E-state index contributed by atoms with van der Waals surface area (Å²) in [4.78, 5) is 0. The SMILES string of the molecule is CC/C=C(/Br)N(NI)C1CC=CC(C)=C1C. The third-order valence-corrected chi connectivity index (χ3v) is 4.08. The van der Waals surface area contributed by atoms with E-state index in [0.29, 0.717) is 6.04 Å². The molecule has 16 heavy (non-hydrogen) atoms. The summed E-state index contributed by atoms with van der Waals surface area (Å²) < 4.78 is 4.34.